The Labute approximate surface area is 325 Å². The van der Waals surface area contributed by atoms with Crippen LogP contribution in [0.15, 0.2) is 211 Å². The summed E-state index contributed by atoms with van der Waals surface area (Å²) in [6.07, 6.45) is 0. The minimum absolute atomic E-state index is 0.633. The first kappa shape index (κ1) is 32.0. The number of aromatic nitrogens is 1. The van der Waals surface area contributed by atoms with E-state index in [9.17, 15) is 0 Å². The lowest BCUT2D eigenvalue weighted by Gasteiger charge is -2.28. The highest BCUT2D eigenvalue weighted by molar-refractivity contribution is 6.06. The van der Waals surface area contributed by atoms with E-state index >= 15 is 0 Å². The first-order chi connectivity index (χ1) is 27.8. The summed E-state index contributed by atoms with van der Waals surface area (Å²) in [6, 6.07) is 73.7. The third kappa shape index (κ3) is 5.32. The van der Waals surface area contributed by atoms with E-state index in [1.807, 2.05) is 18.2 Å². The van der Waals surface area contributed by atoms with Crippen LogP contribution >= 0.6 is 0 Å². The first-order valence-electron chi connectivity index (χ1n) is 19.0. The third-order valence-corrected chi connectivity index (χ3v) is 11.1. The van der Waals surface area contributed by atoms with Gasteiger partial charge >= 0.3 is 0 Å². The highest BCUT2D eigenvalue weighted by Gasteiger charge is 2.24. The Bertz CT molecular complexity index is 3070. The molecule has 3 nitrogen and oxygen atoms in total. The molecule has 8 aromatic carbocycles. The fourth-order valence-electron chi connectivity index (χ4n) is 8.42. The molecule has 0 saturated heterocycles. The van der Waals surface area contributed by atoms with Gasteiger partial charge < -0.3 is 9.32 Å². The second-order valence-corrected chi connectivity index (χ2v) is 14.3. The number of nitrogens with zero attached hydrogens (tertiary/aromatic N) is 2. The molecule has 0 aliphatic heterocycles. The van der Waals surface area contributed by atoms with Gasteiger partial charge in [-0.1, -0.05) is 152 Å². The number of rotatable bonds is 5. The molecule has 262 valence electrons. The zero-order valence-corrected chi connectivity index (χ0v) is 30.4. The van der Waals surface area contributed by atoms with Crippen molar-refractivity contribution in [2.75, 3.05) is 4.90 Å². The van der Waals surface area contributed by atoms with E-state index in [0.717, 1.165) is 44.7 Å². The van der Waals surface area contributed by atoms with Crippen molar-refractivity contribution >= 4 is 39.1 Å². The first-order valence-corrected chi connectivity index (χ1v) is 19.0. The van der Waals surface area contributed by atoms with Crippen LogP contribution in [0.25, 0.3) is 89.0 Å². The van der Waals surface area contributed by atoms with Crippen molar-refractivity contribution in [1.82, 2.24) is 4.98 Å². The van der Waals surface area contributed by atoms with Gasteiger partial charge in [-0.3, -0.25) is 0 Å². The maximum absolute atomic E-state index is 6.56. The number of hydrogen-bond donors (Lipinski definition) is 0. The molecule has 0 saturated carbocycles. The molecular formula is C53H34N2O. The lowest BCUT2D eigenvalue weighted by atomic mass is 9.81. The molecule has 0 atom stereocenters. The highest BCUT2D eigenvalue weighted by Crippen LogP contribution is 2.49. The molecule has 2 heterocycles. The topological polar surface area (TPSA) is 29.3 Å². The molecule has 0 radical (unpaired) electrons. The van der Waals surface area contributed by atoms with E-state index in [4.69, 9.17) is 9.40 Å². The summed E-state index contributed by atoms with van der Waals surface area (Å²) in [5.41, 5.74) is 18.6. The van der Waals surface area contributed by atoms with Gasteiger partial charge in [0.1, 0.15) is 5.58 Å². The predicted octanol–water partition coefficient (Wildman–Crippen LogP) is 14.8. The van der Waals surface area contributed by atoms with Gasteiger partial charge in [0.15, 0.2) is 0 Å². The van der Waals surface area contributed by atoms with Crippen molar-refractivity contribution in [2.24, 2.45) is 0 Å². The molecule has 10 aromatic rings. The van der Waals surface area contributed by atoms with Crippen molar-refractivity contribution in [3.63, 3.8) is 0 Å². The Kier molecular flexibility index (Phi) is 7.49. The number of fused-ring (bicyclic) bond motifs is 11. The van der Waals surface area contributed by atoms with Crippen molar-refractivity contribution < 1.29 is 4.42 Å². The summed E-state index contributed by atoms with van der Waals surface area (Å²) in [5.74, 6) is 0. The zero-order valence-electron chi connectivity index (χ0n) is 30.4. The van der Waals surface area contributed by atoms with E-state index in [1.54, 1.807) is 0 Å². The van der Waals surface area contributed by atoms with Crippen molar-refractivity contribution in [3.05, 3.63) is 206 Å². The summed E-state index contributed by atoms with van der Waals surface area (Å²) in [6.45, 7) is 0. The maximum Gasteiger partial charge on any atom is 0.227 e. The lowest BCUT2D eigenvalue weighted by molar-refractivity contribution is 0.654. The van der Waals surface area contributed by atoms with Gasteiger partial charge in [-0.05, 0) is 104 Å². The van der Waals surface area contributed by atoms with E-state index in [1.165, 1.54) is 55.6 Å². The molecule has 0 unspecified atom stereocenters. The number of furan rings is 1. The van der Waals surface area contributed by atoms with Gasteiger partial charge in [-0.25, -0.2) is 4.98 Å². The van der Waals surface area contributed by atoms with Crippen molar-refractivity contribution in [3.8, 4) is 66.9 Å². The van der Waals surface area contributed by atoms with Gasteiger partial charge in [-0.15, -0.1) is 0 Å². The smallest absolute Gasteiger partial charge is 0.227 e. The fraction of sp³-hybridized carbons (Fsp3) is 0. The molecule has 56 heavy (non-hydrogen) atoms. The molecule has 0 bridgehead atoms. The van der Waals surface area contributed by atoms with Gasteiger partial charge in [0.2, 0.25) is 5.71 Å². The van der Waals surface area contributed by atoms with Crippen LogP contribution in [-0.4, -0.2) is 4.98 Å². The molecule has 0 fully saturated rings. The number of benzene rings is 8. The Balaban J connectivity index is 1.11. The fourth-order valence-corrected chi connectivity index (χ4v) is 8.42. The summed E-state index contributed by atoms with van der Waals surface area (Å²) in [4.78, 5) is 7.29. The van der Waals surface area contributed by atoms with Crippen LogP contribution < -0.4 is 4.90 Å². The summed E-state index contributed by atoms with van der Waals surface area (Å²) < 4.78 is 6.56. The monoisotopic (exact) mass is 714 g/mol. The molecule has 1 aliphatic rings. The van der Waals surface area contributed by atoms with Gasteiger partial charge in [0.25, 0.3) is 0 Å². The standard InChI is InChI=1S/C53H34N2O/c1-3-13-35(14-4-1)36-23-25-38(26-24-36)55(40-28-30-48-49-31-32-51(37-15-5-2-6-16-37)54-53(49)56-52(48)34-40)39-27-29-47-45-21-10-9-19-43(45)41-17-7-8-18-42(41)44-20-11-12-22-46(44)50(47)33-39/h1-34H. The Morgan fingerprint density at radius 1 is 0.321 bits per heavy atom. The molecule has 2 aromatic heterocycles. The zero-order chi connectivity index (χ0) is 37.0. The average Bonchev–Trinajstić information content (AvgIpc) is 3.64. The van der Waals surface area contributed by atoms with E-state index in [0.29, 0.717) is 5.71 Å². The van der Waals surface area contributed by atoms with Crippen LogP contribution in [0.3, 0.4) is 0 Å². The normalized spacial score (nSPS) is 11.6. The van der Waals surface area contributed by atoms with E-state index in [-0.39, 0.29) is 0 Å². The molecule has 11 rings (SSSR count). The highest BCUT2D eigenvalue weighted by atomic mass is 16.3. The van der Waals surface area contributed by atoms with Crippen molar-refractivity contribution in [1.29, 1.82) is 0 Å². The van der Waals surface area contributed by atoms with Crippen LogP contribution in [-0.2, 0) is 0 Å². The Hall–Kier alpha value is -7.49. The number of hydrogen-bond acceptors (Lipinski definition) is 3. The average molecular weight is 715 g/mol. The van der Waals surface area contributed by atoms with Gasteiger partial charge in [-0.2, -0.15) is 0 Å². The van der Waals surface area contributed by atoms with Gasteiger partial charge in [0, 0.05) is 39.5 Å². The summed E-state index contributed by atoms with van der Waals surface area (Å²) in [7, 11) is 0. The van der Waals surface area contributed by atoms with Gasteiger partial charge in [0.05, 0.1) is 5.69 Å². The summed E-state index contributed by atoms with van der Waals surface area (Å²) >= 11 is 0. The SMILES string of the molecule is c1ccc(-c2ccc(N(c3ccc4c(c3)-c3ccccc3-c3ccccc3-c3ccccc3-4)c3ccc4c(c3)oc3nc(-c5ccccc5)ccc34)cc2)cc1. The second kappa shape index (κ2) is 13.1. The quantitative estimate of drug-likeness (QED) is 0.178. The van der Waals surface area contributed by atoms with Crippen LogP contribution in [0.5, 0.6) is 0 Å². The Morgan fingerprint density at radius 3 is 1.38 bits per heavy atom. The maximum atomic E-state index is 6.56. The van der Waals surface area contributed by atoms with E-state index in [2.05, 4.69) is 193 Å². The molecule has 1 aliphatic carbocycles. The Morgan fingerprint density at radius 2 is 0.768 bits per heavy atom. The lowest BCUT2D eigenvalue weighted by Crippen LogP contribution is -2.10. The molecule has 3 heteroatoms. The number of anilines is 3. The van der Waals surface area contributed by atoms with Crippen LogP contribution in [0.4, 0.5) is 17.1 Å². The predicted molar refractivity (Wildman–Crippen MR) is 232 cm³/mol. The van der Waals surface area contributed by atoms with Crippen LogP contribution in [0.1, 0.15) is 0 Å². The minimum atomic E-state index is 0.633. The second-order valence-electron chi connectivity index (χ2n) is 14.3. The summed E-state index contributed by atoms with van der Waals surface area (Å²) in [5, 5.41) is 2.04. The van der Waals surface area contributed by atoms with Crippen LogP contribution in [0, 0.1) is 0 Å². The molecule has 0 amide bonds. The van der Waals surface area contributed by atoms with E-state index < -0.39 is 0 Å². The molecule has 0 N–H and O–H groups in total. The number of pyridine rings is 1. The minimum Gasteiger partial charge on any atom is -0.438 e. The molecular weight excluding hydrogens is 681 g/mol. The van der Waals surface area contributed by atoms with Crippen molar-refractivity contribution in [2.45, 2.75) is 0 Å². The third-order valence-electron chi connectivity index (χ3n) is 11.1. The largest absolute Gasteiger partial charge is 0.438 e. The van der Waals surface area contributed by atoms with Crippen LogP contribution in [0.2, 0.25) is 0 Å². The molecule has 0 spiro atoms.